The van der Waals surface area contributed by atoms with Crippen molar-refractivity contribution in [2.24, 2.45) is 0 Å². The zero-order valence-corrected chi connectivity index (χ0v) is 6.56. The first-order chi connectivity index (χ1) is 4.86. The summed E-state index contributed by atoms with van der Waals surface area (Å²) in [5, 5.41) is 3.71. The molecule has 4 heteroatoms. The van der Waals surface area contributed by atoms with Crippen LogP contribution in [0, 0.1) is 0 Å². The maximum atomic E-state index is 5.44. The number of aryl methyl sites for hydroxylation is 1. The molecule has 0 N–H and O–H groups in total. The van der Waals surface area contributed by atoms with E-state index in [9.17, 15) is 0 Å². The van der Waals surface area contributed by atoms with Gasteiger partial charge in [-0.15, -0.1) is 11.6 Å². The highest BCUT2D eigenvalue weighted by Crippen LogP contribution is 2.01. The van der Waals surface area contributed by atoms with Crippen molar-refractivity contribution in [1.29, 1.82) is 0 Å². The molecule has 0 atom stereocenters. The van der Waals surface area contributed by atoms with Crippen LogP contribution >= 0.6 is 11.6 Å². The number of nitrogens with zero attached hydrogens (tertiary/aromatic N) is 2. The molecule has 0 bridgehead atoms. The number of alkyl halides is 1. The molecule has 10 heavy (non-hydrogen) atoms. The molecule has 0 spiro atoms. The molecular weight excluding hydrogens is 152 g/mol. The molecule has 1 heterocycles. The summed E-state index contributed by atoms with van der Waals surface area (Å²) < 4.78 is 4.77. The molecule has 1 rings (SSSR count). The lowest BCUT2D eigenvalue weighted by Gasteiger charge is -1.82. The molecule has 0 fully saturated rings. The summed E-state index contributed by atoms with van der Waals surface area (Å²) in [6.07, 6.45) is 1.89. The topological polar surface area (TPSA) is 38.9 Å². The summed E-state index contributed by atoms with van der Waals surface area (Å²) >= 11 is 5.44. The minimum absolute atomic E-state index is 0.302. The summed E-state index contributed by atoms with van der Waals surface area (Å²) in [5.41, 5.74) is 0. The van der Waals surface area contributed by atoms with Crippen molar-refractivity contribution in [3.8, 4) is 0 Å². The molecule has 0 aliphatic rings. The van der Waals surface area contributed by atoms with Gasteiger partial charge in [0.05, 0.1) is 0 Å². The van der Waals surface area contributed by atoms with Gasteiger partial charge >= 0.3 is 0 Å². The van der Waals surface area contributed by atoms with E-state index in [1.807, 2.05) is 0 Å². The van der Waals surface area contributed by atoms with Crippen molar-refractivity contribution in [2.45, 2.75) is 25.6 Å². The third-order valence-corrected chi connectivity index (χ3v) is 1.33. The zero-order valence-electron chi connectivity index (χ0n) is 5.80. The molecule has 0 unspecified atom stereocenters. The quantitative estimate of drug-likeness (QED) is 0.633. The number of hydrogen-bond donors (Lipinski definition) is 0. The molecule has 0 amide bonds. The second kappa shape index (κ2) is 3.56. The second-order valence-corrected chi connectivity index (χ2v) is 2.26. The first-order valence-electron chi connectivity index (χ1n) is 3.24. The molecule has 0 aliphatic carbocycles. The Bertz CT molecular complexity index is 199. The molecule has 56 valence electrons. The van der Waals surface area contributed by atoms with Crippen LogP contribution in [0.4, 0.5) is 0 Å². The van der Waals surface area contributed by atoms with Crippen molar-refractivity contribution in [1.82, 2.24) is 10.1 Å². The van der Waals surface area contributed by atoms with E-state index in [1.165, 1.54) is 0 Å². The van der Waals surface area contributed by atoms with Gasteiger partial charge in [-0.1, -0.05) is 12.1 Å². The average Bonchev–Trinajstić information content (AvgIpc) is 2.37. The van der Waals surface area contributed by atoms with E-state index < -0.39 is 0 Å². The highest BCUT2D eigenvalue weighted by molar-refractivity contribution is 6.16. The van der Waals surface area contributed by atoms with Gasteiger partial charge in [0.1, 0.15) is 5.88 Å². The first-order valence-corrected chi connectivity index (χ1v) is 3.77. The van der Waals surface area contributed by atoms with Crippen molar-refractivity contribution in [3.63, 3.8) is 0 Å². The largest absolute Gasteiger partial charge is 0.338 e. The molecule has 0 aliphatic heterocycles. The van der Waals surface area contributed by atoms with E-state index in [1.54, 1.807) is 0 Å². The predicted octanol–water partition coefficient (Wildman–Crippen LogP) is 1.76. The third kappa shape index (κ3) is 1.70. The van der Waals surface area contributed by atoms with Crippen molar-refractivity contribution in [3.05, 3.63) is 11.7 Å². The average molecular weight is 161 g/mol. The number of hydrogen-bond acceptors (Lipinski definition) is 3. The Morgan fingerprint density at radius 3 is 2.90 bits per heavy atom. The Kier molecular flexibility index (Phi) is 2.68. The number of halogens is 1. The first kappa shape index (κ1) is 7.54. The van der Waals surface area contributed by atoms with E-state index in [0.29, 0.717) is 11.8 Å². The molecular formula is C6H9ClN2O. The monoisotopic (exact) mass is 160 g/mol. The van der Waals surface area contributed by atoms with E-state index >= 15 is 0 Å². The molecule has 1 aromatic rings. The fourth-order valence-electron chi connectivity index (χ4n) is 0.670. The second-order valence-electron chi connectivity index (χ2n) is 1.99. The van der Waals surface area contributed by atoms with Crippen LogP contribution < -0.4 is 0 Å². The van der Waals surface area contributed by atoms with Crippen LogP contribution in [0.25, 0.3) is 0 Å². The smallest absolute Gasteiger partial charge is 0.241 e. The van der Waals surface area contributed by atoms with Gasteiger partial charge in [-0.25, -0.2) is 0 Å². The predicted molar refractivity (Wildman–Crippen MR) is 37.9 cm³/mol. The summed E-state index contributed by atoms with van der Waals surface area (Å²) in [6, 6.07) is 0. The molecule has 0 aromatic carbocycles. The molecule has 0 saturated heterocycles. The van der Waals surface area contributed by atoms with E-state index in [4.69, 9.17) is 16.1 Å². The van der Waals surface area contributed by atoms with Crippen molar-refractivity contribution < 1.29 is 4.52 Å². The van der Waals surface area contributed by atoms with Crippen molar-refractivity contribution >= 4 is 11.6 Å². The maximum absolute atomic E-state index is 5.44. The summed E-state index contributed by atoms with van der Waals surface area (Å²) in [6.45, 7) is 2.07. The van der Waals surface area contributed by atoms with Gasteiger partial charge in [0, 0.05) is 6.42 Å². The van der Waals surface area contributed by atoms with Gasteiger partial charge in [-0.2, -0.15) is 4.98 Å². The molecule has 1 aromatic heterocycles. The molecule has 3 nitrogen and oxygen atoms in total. The van der Waals surface area contributed by atoms with E-state index in [0.717, 1.165) is 18.7 Å². The standard InChI is InChI=1S/C6H9ClN2O/c1-2-3-5-8-6(4-7)10-9-5/h2-4H2,1H3. The minimum Gasteiger partial charge on any atom is -0.338 e. The Morgan fingerprint density at radius 2 is 2.40 bits per heavy atom. The summed E-state index contributed by atoms with van der Waals surface area (Å²) in [5.74, 6) is 1.56. The van der Waals surface area contributed by atoms with Gasteiger partial charge in [0.15, 0.2) is 5.82 Å². The van der Waals surface area contributed by atoms with Gasteiger partial charge in [0.2, 0.25) is 5.89 Å². The molecule has 0 saturated carbocycles. The Balaban J connectivity index is 2.59. The number of rotatable bonds is 3. The van der Waals surface area contributed by atoms with Crippen LogP contribution in [0.5, 0.6) is 0 Å². The lowest BCUT2D eigenvalue weighted by atomic mass is 10.3. The van der Waals surface area contributed by atoms with E-state index in [-0.39, 0.29) is 0 Å². The highest BCUT2D eigenvalue weighted by atomic mass is 35.5. The fraction of sp³-hybridized carbons (Fsp3) is 0.667. The van der Waals surface area contributed by atoms with Gasteiger partial charge in [-0.3, -0.25) is 0 Å². The van der Waals surface area contributed by atoms with Crippen LogP contribution in [0.2, 0.25) is 0 Å². The normalized spacial score (nSPS) is 10.2. The fourth-order valence-corrected chi connectivity index (χ4v) is 0.778. The van der Waals surface area contributed by atoms with Gasteiger partial charge in [0.25, 0.3) is 0 Å². The summed E-state index contributed by atoms with van der Waals surface area (Å²) in [4.78, 5) is 4.01. The SMILES string of the molecule is CCCc1noc(CCl)n1. The molecule has 0 radical (unpaired) electrons. The van der Waals surface area contributed by atoms with Crippen LogP contribution in [0.15, 0.2) is 4.52 Å². The van der Waals surface area contributed by atoms with E-state index in [2.05, 4.69) is 17.1 Å². The Morgan fingerprint density at radius 1 is 1.60 bits per heavy atom. The lowest BCUT2D eigenvalue weighted by Crippen LogP contribution is -1.85. The third-order valence-electron chi connectivity index (χ3n) is 1.10. The van der Waals surface area contributed by atoms with Crippen LogP contribution in [0.1, 0.15) is 25.1 Å². The van der Waals surface area contributed by atoms with Crippen LogP contribution in [-0.4, -0.2) is 10.1 Å². The Labute approximate surface area is 64.4 Å². The maximum Gasteiger partial charge on any atom is 0.241 e. The highest BCUT2D eigenvalue weighted by Gasteiger charge is 2.01. The minimum atomic E-state index is 0.302. The van der Waals surface area contributed by atoms with Crippen LogP contribution in [0.3, 0.4) is 0 Å². The zero-order chi connectivity index (χ0) is 7.40. The Hall–Kier alpha value is -0.570. The summed E-state index contributed by atoms with van der Waals surface area (Å²) in [7, 11) is 0. The number of aromatic nitrogens is 2. The van der Waals surface area contributed by atoms with Crippen molar-refractivity contribution in [2.75, 3.05) is 0 Å². The van der Waals surface area contributed by atoms with Crippen LogP contribution in [-0.2, 0) is 12.3 Å². The van der Waals surface area contributed by atoms with Gasteiger partial charge in [-0.05, 0) is 6.42 Å². The van der Waals surface area contributed by atoms with Gasteiger partial charge < -0.3 is 4.52 Å². The lowest BCUT2D eigenvalue weighted by molar-refractivity contribution is 0.384.